The summed E-state index contributed by atoms with van der Waals surface area (Å²) in [6.07, 6.45) is 2.12. The monoisotopic (exact) mass is 576 g/mol. The highest BCUT2D eigenvalue weighted by Gasteiger charge is 2.20. The van der Waals surface area contributed by atoms with Crippen molar-refractivity contribution in [3.05, 3.63) is 107 Å². The maximum absolute atomic E-state index is 12.9. The molecule has 4 rings (SSSR count). The van der Waals surface area contributed by atoms with Crippen LogP contribution in [0.3, 0.4) is 0 Å². The van der Waals surface area contributed by atoms with Crippen molar-refractivity contribution in [2.24, 2.45) is 0 Å². The minimum atomic E-state index is -3.58. The minimum Gasteiger partial charge on any atom is -0.322 e. The lowest BCUT2D eigenvalue weighted by Crippen LogP contribution is -2.16. The number of carbonyl (C=O) groups is 2. The van der Waals surface area contributed by atoms with Gasteiger partial charge in [-0.1, -0.05) is 36.4 Å². The van der Waals surface area contributed by atoms with Crippen LogP contribution in [0.25, 0.3) is 11.1 Å². The van der Waals surface area contributed by atoms with Gasteiger partial charge in [0.2, 0.25) is 0 Å². The van der Waals surface area contributed by atoms with E-state index in [1.807, 2.05) is 38.1 Å². The third-order valence-corrected chi connectivity index (χ3v) is 8.65. The van der Waals surface area contributed by atoms with E-state index in [4.69, 9.17) is 0 Å². The summed E-state index contributed by atoms with van der Waals surface area (Å²) in [6.45, 7) is 3.67. The van der Waals surface area contributed by atoms with E-state index in [-0.39, 0.29) is 20.9 Å². The van der Waals surface area contributed by atoms with Gasteiger partial charge in [-0.3, -0.25) is 9.59 Å². The van der Waals surface area contributed by atoms with Gasteiger partial charge in [-0.05, 0) is 84.6 Å². The molecule has 0 saturated carbocycles. The van der Waals surface area contributed by atoms with Crippen LogP contribution in [0.2, 0.25) is 0 Å². The van der Waals surface area contributed by atoms with Crippen LogP contribution in [-0.2, 0) is 19.7 Å². The molecule has 0 aromatic heterocycles. The molecule has 0 fully saturated rings. The maximum atomic E-state index is 12.9. The molecule has 4 aromatic carbocycles. The SMILES string of the molecule is Cc1cc(-c2ccc(NC(=O)c3ccccc3S(C)(=O)=O)c(C)c2)ccc1NC(=O)c1ccccc1S(C)(=O)=O. The zero-order valence-corrected chi connectivity index (χ0v) is 24.0. The van der Waals surface area contributed by atoms with E-state index in [2.05, 4.69) is 10.6 Å². The van der Waals surface area contributed by atoms with Crippen molar-refractivity contribution in [2.75, 3.05) is 23.1 Å². The van der Waals surface area contributed by atoms with Gasteiger partial charge in [-0.2, -0.15) is 0 Å². The van der Waals surface area contributed by atoms with Crippen molar-refractivity contribution in [1.82, 2.24) is 0 Å². The number of carbonyl (C=O) groups excluding carboxylic acids is 2. The van der Waals surface area contributed by atoms with Crippen molar-refractivity contribution in [2.45, 2.75) is 23.6 Å². The van der Waals surface area contributed by atoms with Gasteiger partial charge in [-0.15, -0.1) is 0 Å². The Morgan fingerprint density at radius 1 is 0.550 bits per heavy atom. The van der Waals surface area contributed by atoms with Crippen LogP contribution >= 0.6 is 0 Å². The molecule has 0 bridgehead atoms. The van der Waals surface area contributed by atoms with E-state index in [0.717, 1.165) is 34.8 Å². The lowest BCUT2D eigenvalue weighted by Gasteiger charge is -2.14. The first-order valence-corrected chi connectivity index (χ1v) is 16.0. The number of sulfone groups is 2. The third kappa shape index (κ3) is 6.30. The molecule has 0 spiro atoms. The molecule has 8 nitrogen and oxygen atoms in total. The summed E-state index contributed by atoms with van der Waals surface area (Å²) in [7, 11) is -7.15. The zero-order valence-electron chi connectivity index (χ0n) is 22.3. The first-order valence-electron chi connectivity index (χ1n) is 12.2. The van der Waals surface area contributed by atoms with Gasteiger partial charge in [0, 0.05) is 23.9 Å². The fourth-order valence-corrected chi connectivity index (χ4v) is 6.07. The van der Waals surface area contributed by atoms with E-state index in [1.165, 1.54) is 24.3 Å². The van der Waals surface area contributed by atoms with Crippen LogP contribution < -0.4 is 10.6 Å². The smallest absolute Gasteiger partial charge is 0.256 e. The molecule has 206 valence electrons. The largest absolute Gasteiger partial charge is 0.322 e. The second-order valence-corrected chi connectivity index (χ2v) is 13.5. The van der Waals surface area contributed by atoms with Crippen molar-refractivity contribution in [1.29, 1.82) is 0 Å². The Labute approximate surface area is 233 Å². The first-order chi connectivity index (χ1) is 18.8. The van der Waals surface area contributed by atoms with Crippen LogP contribution in [0.5, 0.6) is 0 Å². The number of hydrogen-bond donors (Lipinski definition) is 2. The minimum absolute atomic E-state index is 0.0377. The summed E-state index contributed by atoms with van der Waals surface area (Å²) in [5.74, 6) is -1.05. The van der Waals surface area contributed by atoms with E-state index in [0.29, 0.717) is 11.4 Å². The van der Waals surface area contributed by atoms with Gasteiger partial charge >= 0.3 is 0 Å². The summed E-state index contributed by atoms with van der Waals surface area (Å²) in [5.41, 5.74) is 4.52. The summed E-state index contributed by atoms with van der Waals surface area (Å²) in [5, 5.41) is 5.59. The molecule has 0 aliphatic rings. The highest BCUT2D eigenvalue weighted by Crippen LogP contribution is 2.29. The fourth-order valence-electron chi connectivity index (χ4n) is 4.30. The van der Waals surface area contributed by atoms with E-state index >= 15 is 0 Å². The molecule has 0 aliphatic carbocycles. The highest BCUT2D eigenvalue weighted by atomic mass is 32.2. The molecule has 10 heteroatoms. The van der Waals surface area contributed by atoms with Crippen molar-refractivity contribution in [3.63, 3.8) is 0 Å². The Hall–Kier alpha value is -4.28. The molecule has 2 amide bonds. The molecule has 0 radical (unpaired) electrons. The van der Waals surface area contributed by atoms with Crippen LogP contribution in [0, 0.1) is 13.8 Å². The topological polar surface area (TPSA) is 126 Å². The molecule has 0 atom stereocenters. The number of rotatable bonds is 7. The number of anilines is 2. The third-order valence-electron chi connectivity index (χ3n) is 6.34. The predicted octanol–water partition coefficient (Wildman–Crippen LogP) is 5.28. The van der Waals surface area contributed by atoms with Gasteiger partial charge in [0.05, 0.1) is 20.9 Å². The van der Waals surface area contributed by atoms with Gasteiger partial charge in [0.15, 0.2) is 19.7 Å². The Bertz CT molecular complexity index is 1730. The number of aryl methyl sites for hydroxylation is 2. The molecular weight excluding hydrogens is 548 g/mol. The van der Waals surface area contributed by atoms with Gasteiger partial charge in [-0.25, -0.2) is 16.8 Å². The normalized spacial score (nSPS) is 11.6. The van der Waals surface area contributed by atoms with Crippen LogP contribution in [-0.4, -0.2) is 41.2 Å². The molecular formula is C30H28N2O6S2. The van der Waals surface area contributed by atoms with E-state index in [1.54, 1.807) is 36.4 Å². The van der Waals surface area contributed by atoms with Crippen molar-refractivity contribution in [3.8, 4) is 11.1 Å². The molecule has 0 unspecified atom stereocenters. The second kappa shape index (κ2) is 11.1. The number of amides is 2. The molecule has 0 saturated heterocycles. The lowest BCUT2D eigenvalue weighted by molar-refractivity contribution is 0.101. The number of benzene rings is 4. The fraction of sp³-hybridized carbons (Fsp3) is 0.133. The summed E-state index contributed by atoms with van der Waals surface area (Å²) in [4.78, 5) is 25.7. The Morgan fingerprint density at radius 3 is 1.23 bits per heavy atom. The van der Waals surface area contributed by atoms with Crippen molar-refractivity contribution >= 4 is 42.9 Å². The maximum Gasteiger partial charge on any atom is 0.256 e. The number of nitrogens with one attached hydrogen (secondary N) is 2. The molecule has 4 aromatic rings. The quantitative estimate of drug-likeness (QED) is 0.308. The zero-order chi connectivity index (χ0) is 29.2. The molecule has 0 aliphatic heterocycles. The van der Waals surface area contributed by atoms with Gasteiger partial charge in [0.25, 0.3) is 11.8 Å². The first kappa shape index (κ1) is 28.7. The van der Waals surface area contributed by atoms with Crippen LogP contribution in [0.4, 0.5) is 11.4 Å². The molecule has 2 N–H and O–H groups in total. The molecule has 40 heavy (non-hydrogen) atoms. The second-order valence-electron chi connectivity index (χ2n) is 9.50. The van der Waals surface area contributed by atoms with E-state index < -0.39 is 31.5 Å². The average Bonchev–Trinajstić information content (AvgIpc) is 2.90. The highest BCUT2D eigenvalue weighted by molar-refractivity contribution is 7.91. The van der Waals surface area contributed by atoms with Gasteiger partial charge in [0.1, 0.15) is 0 Å². The number of hydrogen-bond acceptors (Lipinski definition) is 6. The summed E-state index contributed by atoms with van der Waals surface area (Å²) >= 11 is 0. The standard InChI is InChI=1S/C30H28N2O6S2/c1-19-17-21(13-15-25(19)31-29(33)23-9-5-7-11-27(23)39(3,35)36)22-14-16-26(20(2)18-22)32-30(34)24-10-6-8-12-28(24)40(4,37)38/h5-18H,1-4H3,(H,31,33)(H,32,34). The predicted molar refractivity (Wildman–Crippen MR) is 156 cm³/mol. The average molecular weight is 577 g/mol. The van der Waals surface area contributed by atoms with Crippen LogP contribution in [0.1, 0.15) is 31.8 Å². The van der Waals surface area contributed by atoms with Gasteiger partial charge < -0.3 is 10.6 Å². The Balaban J connectivity index is 1.54. The molecule has 0 heterocycles. The Morgan fingerprint density at radius 2 is 0.900 bits per heavy atom. The van der Waals surface area contributed by atoms with Crippen molar-refractivity contribution < 1.29 is 26.4 Å². The van der Waals surface area contributed by atoms with Crippen LogP contribution in [0.15, 0.2) is 94.7 Å². The lowest BCUT2D eigenvalue weighted by atomic mass is 9.99. The van der Waals surface area contributed by atoms with E-state index in [9.17, 15) is 26.4 Å². The summed E-state index contributed by atoms with van der Waals surface area (Å²) in [6, 6.07) is 23.1. The Kier molecular flexibility index (Phi) is 7.95. The summed E-state index contributed by atoms with van der Waals surface area (Å²) < 4.78 is 48.4.